The van der Waals surface area contributed by atoms with E-state index in [1.54, 1.807) is 0 Å². The Hall–Kier alpha value is -2.09. The number of carbonyl (C=O) groups excluding carboxylic acids is 3. The summed E-state index contributed by atoms with van der Waals surface area (Å²) in [7, 11) is 1.54. The Morgan fingerprint density at radius 1 is 1.45 bits per heavy atom. The summed E-state index contributed by atoms with van der Waals surface area (Å²) >= 11 is 1.29. The fraction of sp³-hybridized carbons (Fsp3) is 0.333. The highest BCUT2D eigenvalue weighted by Gasteiger charge is 2.29. The van der Waals surface area contributed by atoms with Gasteiger partial charge in [0.15, 0.2) is 0 Å². The normalized spacial score (nSPS) is 13.8. The van der Waals surface area contributed by atoms with E-state index < -0.39 is 0 Å². The zero-order chi connectivity index (χ0) is 14.5. The van der Waals surface area contributed by atoms with Crippen molar-refractivity contribution < 1.29 is 18.9 Å². The quantitative estimate of drug-likeness (QED) is 0.785. The molecule has 106 valence electrons. The van der Waals surface area contributed by atoms with Gasteiger partial charge in [0.2, 0.25) is 17.3 Å². The first kappa shape index (κ1) is 14.3. The van der Waals surface area contributed by atoms with Crippen molar-refractivity contribution in [2.75, 3.05) is 19.3 Å². The molecule has 1 aromatic rings. The minimum absolute atomic E-state index is 0.000587. The number of ketones is 2. The van der Waals surface area contributed by atoms with E-state index >= 15 is 0 Å². The summed E-state index contributed by atoms with van der Waals surface area (Å²) in [6.07, 6.45) is 3.22. The fourth-order valence-corrected chi connectivity index (χ4v) is 2.55. The molecule has 0 radical (unpaired) electrons. The van der Waals surface area contributed by atoms with Gasteiger partial charge in [-0.05, 0) is 12.2 Å². The Bertz CT molecular complexity index is 579. The lowest BCUT2D eigenvalue weighted by Crippen LogP contribution is -2.33. The molecule has 0 atom stereocenters. The van der Waals surface area contributed by atoms with Crippen LogP contribution in [-0.2, 0) is 0 Å². The molecule has 0 saturated carbocycles. The van der Waals surface area contributed by atoms with Gasteiger partial charge in [-0.2, -0.15) is 0 Å². The Labute approximate surface area is 119 Å². The van der Waals surface area contributed by atoms with Crippen molar-refractivity contribution in [3.05, 3.63) is 28.5 Å². The molecule has 0 fully saturated rings. The minimum atomic E-state index is -0.344. The highest BCUT2D eigenvalue weighted by molar-refractivity contribution is 8.04. The van der Waals surface area contributed by atoms with Crippen molar-refractivity contribution in [1.29, 1.82) is 0 Å². The van der Waals surface area contributed by atoms with Crippen molar-refractivity contribution >= 4 is 29.4 Å². The van der Waals surface area contributed by atoms with E-state index in [2.05, 4.69) is 15.8 Å². The topological polar surface area (TPSA) is 101 Å². The van der Waals surface area contributed by atoms with E-state index in [1.165, 1.54) is 31.1 Å². The molecule has 2 amide bonds. The Kier molecular flexibility index (Phi) is 4.57. The molecule has 0 aromatic carbocycles. The van der Waals surface area contributed by atoms with Gasteiger partial charge in [-0.3, -0.25) is 9.59 Å². The fourth-order valence-electron chi connectivity index (χ4n) is 1.61. The van der Waals surface area contributed by atoms with E-state index in [9.17, 15) is 14.4 Å². The summed E-state index contributed by atoms with van der Waals surface area (Å²) in [4.78, 5) is 35.0. The molecule has 1 aliphatic rings. The van der Waals surface area contributed by atoms with Crippen molar-refractivity contribution in [2.45, 2.75) is 6.42 Å². The van der Waals surface area contributed by atoms with Crippen LogP contribution in [0.4, 0.5) is 4.79 Å². The number of urea groups is 1. The number of Topliss-reactive ketones (excluding diaryl/α,β-unsaturated/α-hetero) is 1. The van der Waals surface area contributed by atoms with Gasteiger partial charge in [-0.15, -0.1) is 11.8 Å². The molecule has 2 N–H and O–H groups in total. The van der Waals surface area contributed by atoms with Crippen molar-refractivity contribution in [2.24, 2.45) is 0 Å². The number of rotatable bonds is 5. The number of hydrogen-bond acceptors (Lipinski definition) is 6. The molecule has 7 nitrogen and oxygen atoms in total. The summed E-state index contributed by atoms with van der Waals surface area (Å²) in [6.45, 7) is 0.501. The summed E-state index contributed by atoms with van der Waals surface area (Å²) in [6, 6.07) is -0.243. The van der Waals surface area contributed by atoms with Crippen LogP contribution in [0.1, 0.15) is 27.3 Å². The third-order valence-corrected chi connectivity index (χ3v) is 3.72. The average Bonchev–Trinajstić information content (AvgIpc) is 2.93. The van der Waals surface area contributed by atoms with Gasteiger partial charge in [0.1, 0.15) is 0 Å². The van der Waals surface area contributed by atoms with Crippen LogP contribution in [0.3, 0.4) is 0 Å². The molecule has 1 heterocycles. The van der Waals surface area contributed by atoms with Crippen LogP contribution < -0.4 is 10.6 Å². The molecule has 0 aliphatic heterocycles. The van der Waals surface area contributed by atoms with Crippen LogP contribution in [0.2, 0.25) is 0 Å². The summed E-state index contributed by atoms with van der Waals surface area (Å²) in [5.41, 5.74) is 0.212. The lowest BCUT2D eigenvalue weighted by Gasteiger charge is -2.09. The average molecular weight is 295 g/mol. The third kappa shape index (κ3) is 3.08. The standard InChI is InChI=1S/C12H13N3O4S/c1-13-12(18)14-3-2-4-20-9-5-8(16)11-7(10(9)17)6-15-19-11/h5-6H,2-4H2,1H3,(H2,13,14,18). The third-order valence-electron chi connectivity index (χ3n) is 2.62. The van der Waals surface area contributed by atoms with E-state index in [-0.39, 0.29) is 28.9 Å². The second-order valence-corrected chi connectivity index (χ2v) is 5.12. The summed E-state index contributed by atoms with van der Waals surface area (Å²) < 4.78 is 4.74. The predicted octanol–water partition coefficient (Wildman–Crippen LogP) is 0.990. The lowest BCUT2D eigenvalue weighted by atomic mass is 10.0. The molecule has 0 spiro atoms. The number of thioether (sulfide) groups is 1. The first-order chi connectivity index (χ1) is 9.63. The SMILES string of the molecule is CNC(=O)NCCCSC1=CC(=O)c2oncc2C1=O. The van der Waals surface area contributed by atoms with Crippen LogP contribution in [0.25, 0.3) is 0 Å². The predicted molar refractivity (Wildman–Crippen MR) is 72.8 cm³/mol. The Morgan fingerprint density at radius 2 is 2.25 bits per heavy atom. The second kappa shape index (κ2) is 6.38. The molecule has 0 saturated heterocycles. The first-order valence-electron chi connectivity index (χ1n) is 5.97. The van der Waals surface area contributed by atoms with Crippen molar-refractivity contribution in [3.63, 3.8) is 0 Å². The number of allylic oxidation sites excluding steroid dienone is 2. The van der Waals surface area contributed by atoms with Crippen LogP contribution in [0.5, 0.6) is 0 Å². The van der Waals surface area contributed by atoms with E-state index in [1.807, 2.05) is 0 Å². The van der Waals surface area contributed by atoms with Crippen LogP contribution in [0.15, 0.2) is 21.7 Å². The van der Waals surface area contributed by atoms with Crippen LogP contribution in [-0.4, -0.2) is 42.1 Å². The molecule has 8 heteroatoms. The van der Waals surface area contributed by atoms with Crippen LogP contribution >= 0.6 is 11.8 Å². The van der Waals surface area contributed by atoms with Gasteiger partial charge in [0.05, 0.1) is 16.7 Å². The molecule has 2 rings (SSSR count). The molecule has 20 heavy (non-hydrogen) atoms. The molecule has 0 unspecified atom stereocenters. The number of fused-ring (bicyclic) bond motifs is 1. The Morgan fingerprint density at radius 3 is 3.00 bits per heavy atom. The van der Waals surface area contributed by atoms with E-state index in [0.717, 1.165) is 0 Å². The molecular weight excluding hydrogens is 282 g/mol. The highest BCUT2D eigenvalue weighted by Crippen LogP contribution is 2.28. The largest absolute Gasteiger partial charge is 0.352 e. The van der Waals surface area contributed by atoms with Crippen molar-refractivity contribution in [3.8, 4) is 0 Å². The van der Waals surface area contributed by atoms with Gasteiger partial charge < -0.3 is 15.2 Å². The maximum Gasteiger partial charge on any atom is 0.314 e. The molecular formula is C12H13N3O4S. The van der Waals surface area contributed by atoms with Gasteiger partial charge >= 0.3 is 6.03 Å². The molecule has 0 bridgehead atoms. The van der Waals surface area contributed by atoms with Gasteiger partial charge in [0, 0.05) is 19.7 Å². The van der Waals surface area contributed by atoms with Gasteiger partial charge in [-0.25, -0.2) is 4.79 Å². The summed E-state index contributed by atoms with van der Waals surface area (Å²) in [5, 5.41) is 8.55. The minimum Gasteiger partial charge on any atom is -0.352 e. The van der Waals surface area contributed by atoms with E-state index in [0.29, 0.717) is 23.6 Å². The van der Waals surface area contributed by atoms with Crippen LogP contribution in [0, 0.1) is 0 Å². The monoisotopic (exact) mass is 295 g/mol. The van der Waals surface area contributed by atoms with Gasteiger partial charge in [-0.1, -0.05) is 5.16 Å². The lowest BCUT2D eigenvalue weighted by molar-refractivity contribution is 0.0967. The number of nitrogens with zero attached hydrogens (tertiary/aromatic N) is 1. The van der Waals surface area contributed by atoms with E-state index in [4.69, 9.17) is 4.52 Å². The van der Waals surface area contributed by atoms with Crippen molar-refractivity contribution in [1.82, 2.24) is 15.8 Å². The van der Waals surface area contributed by atoms with Gasteiger partial charge in [0.25, 0.3) is 0 Å². The second-order valence-electron chi connectivity index (χ2n) is 3.98. The molecule has 1 aromatic heterocycles. The zero-order valence-corrected chi connectivity index (χ0v) is 11.6. The maximum absolute atomic E-state index is 12.0. The number of amides is 2. The number of carbonyl (C=O) groups is 3. The molecule has 1 aliphatic carbocycles. The zero-order valence-electron chi connectivity index (χ0n) is 10.8. The maximum atomic E-state index is 12.0. The smallest absolute Gasteiger partial charge is 0.314 e. The summed E-state index contributed by atoms with van der Waals surface area (Å²) in [5.74, 6) is 0.0315. The number of hydrogen-bond donors (Lipinski definition) is 2. The first-order valence-corrected chi connectivity index (χ1v) is 6.96. The highest BCUT2D eigenvalue weighted by atomic mass is 32.2. The number of nitrogens with one attached hydrogen (secondary N) is 2. The number of aromatic nitrogens is 1. The Balaban J connectivity index is 1.84.